The van der Waals surface area contributed by atoms with E-state index in [2.05, 4.69) is 0 Å². The van der Waals surface area contributed by atoms with Crippen LogP contribution in [0.1, 0.15) is 36.8 Å². The Morgan fingerprint density at radius 1 is 0.543 bits per heavy atom. The summed E-state index contributed by atoms with van der Waals surface area (Å²) in [5.74, 6) is -2.84. The van der Waals surface area contributed by atoms with Crippen LogP contribution in [0.4, 0.5) is 0 Å². The number of aliphatic carboxylic acids is 2. The molecule has 0 heterocycles. The molecule has 0 fully saturated rings. The Morgan fingerprint density at radius 3 is 1.20 bits per heavy atom. The molecule has 35 heavy (non-hydrogen) atoms. The minimum atomic E-state index is -1.20. The molecule has 0 saturated carbocycles. The first-order chi connectivity index (χ1) is 16.4. The van der Waals surface area contributed by atoms with Crippen LogP contribution in [-0.2, 0) is 19.2 Å². The summed E-state index contributed by atoms with van der Waals surface area (Å²) in [5, 5.41) is 20.2. The Bertz CT molecular complexity index is 952. The van der Waals surface area contributed by atoms with Gasteiger partial charge in [0, 0.05) is 24.8 Å². The summed E-state index contributed by atoms with van der Waals surface area (Å²) in [6.07, 6.45) is 12.6. The Kier molecular flexibility index (Phi) is 18.5. The van der Waals surface area contributed by atoms with Crippen LogP contribution in [0.25, 0.3) is 12.2 Å². The summed E-state index contributed by atoms with van der Waals surface area (Å²) in [4.78, 5) is 42.5. The fourth-order valence-corrected chi connectivity index (χ4v) is 2.40. The predicted octanol–water partition coefficient (Wildman–Crippen LogP) is 2.33. The normalized spacial score (nSPS) is 10.7. The summed E-state index contributed by atoms with van der Waals surface area (Å²) < 4.78 is 0. The van der Waals surface area contributed by atoms with Gasteiger partial charge in [0.2, 0.25) is 0 Å². The van der Waals surface area contributed by atoms with Gasteiger partial charge in [-0.3, -0.25) is 9.59 Å². The van der Waals surface area contributed by atoms with Gasteiger partial charge in [-0.1, -0.05) is 97.1 Å². The minimum absolute atomic E-state index is 0. The smallest absolute Gasteiger partial charge is 0.550 e. The first kappa shape index (κ1) is 31.9. The molecule has 0 amide bonds. The van der Waals surface area contributed by atoms with E-state index >= 15 is 0 Å². The quantitative estimate of drug-likeness (QED) is 0.252. The van der Waals surface area contributed by atoms with E-state index in [0.29, 0.717) is 0 Å². The Hall–Kier alpha value is -3.06. The van der Waals surface area contributed by atoms with E-state index < -0.39 is 11.9 Å². The molecule has 0 unspecified atom stereocenters. The molecule has 0 aliphatic heterocycles. The van der Waals surface area contributed by atoms with Crippen molar-refractivity contribution >= 4 is 73.4 Å². The first-order valence-electron chi connectivity index (χ1n) is 10.6. The van der Waals surface area contributed by atoms with Gasteiger partial charge in [0.15, 0.2) is 11.6 Å². The van der Waals surface area contributed by atoms with E-state index in [0.717, 1.165) is 11.1 Å². The Labute approximate surface area is 235 Å². The number of hydrogen-bond donors (Lipinski definition) is 0. The van der Waals surface area contributed by atoms with E-state index in [-0.39, 0.29) is 75.0 Å². The van der Waals surface area contributed by atoms with Crippen LogP contribution in [0.2, 0.25) is 0 Å². The van der Waals surface area contributed by atoms with Crippen molar-refractivity contribution in [3.05, 3.63) is 108 Å². The van der Waals surface area contributed by atoms with Crippen LogP contribution >= 0.6 is 0 Å². The number of benzene rings is 2. The van der Waals surface area contributed by atoms with E-state index in [1.807, 2.05) is 72.8 Å². The average Bonchev–Trinajstić information content (AvgIpc) is 2.83. The zero-order chi connectivity index (χ0) is 25.0. The molecule has 0 atom stereocenters. The van der Waals surface area contributed by atoms with Crippen LogP contribution in [0, 0.1) is 0 Å². The number of carboxylic acids is 2. The van der Waals surface area contributed by atoms with Crippen molar-refractivity contribution in [1.29, 1.82) is 0 Å². The molecule has 2 rings (SSSR count). The third-order valence-electron chi connectivity index (χ3n) is 4.11. The van der Waals surface area contributed by atoms with E-state index in [1.54, 1.807) is 24.3 Å². The zero-order valence-corrected chi connectivity index (χ0v) is 21.6. The Balaban J connectivity index is 0.000000642. The molecule has 0 aliphatic rings. The monoisotopic (exact) mass is 498 g/mol. The van der Waals surface area contributed by atoms with E-state index in [4.69, 9.17) is 0 Å². The number of allylic oxidation sites excluding steroid dienone is 6. The standard InChI is InChI=1S/2C14H14O3.Ca/c2*15-13(10-11-14(16)17)9-5-4-8-12-6-2-1-3-7-12;/h2*1-9H,10-11H2,(H,16,17);/q;;+2/p-2/b2*8-4+,9-5+;. The number of rotatable bonds is 12. The number of ketones is 2. The molecule has 2 aromatic carbocycles. The van der Waals surface area contributed by atoms with Gasteiger partial charge in [-0.05, 0) is 36.1 Å². The van der Waals surface area contributed by atoms with Gasteiger partial charge in [0.1, 0.15) is 0 Å². The second-order valence-corrected chi connectivity index (χ2v) is 6.93. The molecule has 0 radical (unpaired) electrons. The van der Waals surface area contributed by atoms with Crippen LogP contribution < -0.4 is 10.2 Å². The summed E-state index contributed by atoms with van der Waals surface area (Å²) in [6.45, 7) is 0. The number of carboxylic acid groups (broad SMARTS) is 2. The molecular formula is C28H26CaO6. The molecule has 0 aromatic heterocycles. The second kappa shape index (κ2) is 20.3. The van der Waals surface area contributed by atoms with Crippen LogP contribution in [0.15, 0.2) is 97.1 Å². The summed E-state index contributed by atoms with van der Waals surface area (Å²) in [5.41, 5.74) is 2.08. The minimum Gasteiger partial charge on any atom is -0.550 e. The fourth-order valence-electron chi connectivity index (χ4n) is 2.40. The number of carbonyl (C=O) groups is 4. The molecule has 2 aromatic rings. The first-order valence-corrected chi connectivity index (χ1v) is 10.6. The SMILES string of the molecule is O=C([O-])CCC(=O)/C=C/C=C/c1ccccc1.O=C([O-])CCC(=O)/C=C/C=C/c1ccccc1.[Ca+2]. The maximum atomic E-state index is 11.1. The van der Waals surface area contributed by atoms with Gasteiger partial charge in [-0.25, -0.2) is 0 Å². The van der Waals surface area contributed by atoms with Crippen molar-refractivity contribution in [2.45, 2.75) is 25.7 Å². The largest absolute Gasteiger partial charge is 2.00 e. The zero-order valence-electron chi connectivity index (χ0n) is 19.4. The molecule has 0 N–H and O–H groups in total. The molecule has 6 nitrogen and oxygen atoms in total. The van der Waals surface area contributed by atoms with E-state index in [9.17, 15) is 29.4 Å². The molecule has 0 aliphatic carbocycles. The topological polar surface area (TPSA) is 114 Å². The maximum Gasteiger partial charge on any atom is 2.00 e. The second-order valence-electron chi connectivity index (χ2n) is 6.93. The summed E-state index contributed by atoms with van der Waals surface area (Å²) in [7, 11) is 0. The molecular weight excluding hydrogens is 472 g/mol. The molecule has 0 spiro atoms. The van der Waals surface area contributed by atoms with Crippen molar-refractivity contribution in [3.63, 3.8) is 0 Å². The molecule has 0 saturated heterocycles. The van der Waals surface area contributed by atoms with Gasteiger partial charge in [0.25, 0.3) is 0 Å². The van der Waals surface area contributed by atoms with Gasteiger partial charge in [0.05, 0.1) is 0 Å². The third-order valence-corrected chi connectivity index (χ3v) is 4.11. The molecule has 176 valence electrons. The van der Waals surface area contributed by atoms with Crippen LogP contribution in [0.3, 0.4) is 0 Å². The predicted molar refractivity (Wildman–Crippen MR) is 133 cm³/mol. The Morgan fingerprint density at radius 2 is 0.886 bits per heavy atom. The molecule has 0 bridgehead atoms. The summed E-state index contributed by atoms with van der Waals surface area (Å²) in [6, 6.07) is 19.3. The third kappa shape index (κ3) is 19.0. The van der Waals surface area contributed by atoms with Crippen molar-refractivity contribution in [2.75, 3.05) is 0 Å². The van der Waals surface area contributed by atoms with E-state index in [1.165, 1.54) is 12.2 Å². The van der Waals surface area contributed by atoms with Crippen molar-refractivity contribution in [3.8, 4) is 0 Å². The average molecular weight is 499 g/mol. The van der Waals surface area contributed by atoms with Gasteiger partial charge in [-0.2, -0.15) is 0 Å². The number of carbonyl (C=O) groups excluding carboxylic acids is 4. The number of hydrogen-bond acceptors (Lipinski definition) is 6. The van der Waals surface area contributed by atoms with Crippen molar-refractivity contribution < 1.29 is 29.4 Å². The van der Waals surface area contributed by atoms with Crippen LogP contribution in [-0.4, -0.2) is 61.2 Å². The van der Waals surface area contributed by atoms with Crippen LogP contribution in [0.5, 0.6) is 0 Å². The van der Waals surface area contributed by atoms with Gasteiger partial charge >= 0.3 is 37.7 Å². The maximum absolute atomic E-state index is 11.1. The molecule has 7 heteroatoms. The van der Waals surface area contributed by atoms with Gasteiger partial charge in [-0.15, -0.1) is 0 Å². The van der Waals surface area contributed by atoms with Crippen molar-refractivity contribution in [2.24, 2.45) is 0 Å². The van der Waals surface area contributed by atoms with Gasteiger partial charge < -0.3 is 19.8 Å². The fraction of sp³-hybridized carbons (Fsp3) is 0.143. The summed E-state index contributed by atoms with van der Waals surface area (Å²) >= 11 is 0. The van der Waals surface area contributed by atoms with Crippen molar-refractivity contribution in [1.82, 2.24) is 0 Å².